The van der Waals surface area contributed by atoms with Gasteiger partial charge in [-0.2, -0.15) is 0 Å². The molecule has 3 rings (SSSR count). The number of fused-ring (bicyclic) bond motifs is 1. The summed E-state index contributed by atoms with van der Waals surface area (Å²) in [5.74, 6) is 0.946. The molecule has 0 spiro atoms. The van der Waals surface area contributed by atoms with E-state index in [9.17, 15) is 0 Å². The van der Waals surface area contributed by atoms with Crippen molar-refractivity contribution in [1.82, 2.24) is 0 Å². The average Bonchev–Trinajstić information content (AvgIpc) is 2.64. The van der Waals surface area contributed by atoms with E-state index in [2.05, 4.69) is 36.9 Å². The van der Waals surface area contributed by atoms with Crippen LogP contribution in [0.25, 0.3) is 0 Å². The lowest BCUT2D eigenvalue weighted by molar-refractivity contribution is 0.319. The van der Waals surface area contributed by atoms with Gasteiger partial charge in [0, 0.05) is 24.3 Å². The van der Waals surface area contributed by atoms with Crippen LogP contribution in [0.2, 0.25) is 0 Å². The van der Waals surface area contributed by atoms with Crippen molar-refractivity contribution in [2.45, 2.75) is 45.1 Å². The normalized spacial score (nSPS) is 19.8. The predicted octanol–water partition coefficient (Wildman–Crippen LogP) is 3.04. The highest BCUT2D eigenvalue weighted by Crippen LogP contribution is 2.35. The van der Waals surface area contributed by atoms with Crippen LogP contribution in [0.4, 0.5) is 5.69 Å². The van der Waals surface area contributed by atoms with Crippen LogP contribution in [0, 0.1) is 5.92 Å². The zero-order valence-corrected chi connectivity index (χ0v) is 11.6. The maximum atomic E-state index is 6.18. The van der Waals surface area contributed by atoms with E-state index < -0.39 is 0 Å². The summed E-state index contributed by atoms with van der Waals surface area (Å²) in [4.78, 5) is 2.58. The van der Waals surface area contributed by atoms with Gasteiger partial charge in [0.15, 0.2) is 0 Å². The number of nitrogens with zero attached hydrogens (tertiary/aromatic N) is 1. The smallest absolute Gasteiger partial charge is 0.0399 e. The first-order valence-corrected chi connectivity index (χ1v) is 7.21. The standard InChI is InChI=1S/C16H24N2/c1-16(2,17)14-6-7-15-13(10-14)8-9-18(15)11-12-4-3-5-12/h6-7,10,12H,3-5,8-9,11,17H2,1-2H3. The van der Waals surface area contributed by atoms with Crippen LogP contribution >= 0.6 is 0 Å². The van der Waals surface area contributed by atoms with Crippen molar-refractivity contribution in [3.05, 3.63) is 29.3 Å². The summed E-state index contributed by atoms with van der Waals surface area (Å²) < 4.78 is 0. The highest BCUT2D eigenvalue weighted by Gasteiger charge is 2.26. The largest absolute Gasteiger partial charge is 0.371 e. The van der Waals surface area contributed by atoms with Crippen molar-refractivity contribution in [3.63, 3.8) is 0 Å². The molecular formula is C16H24N2. The van der Waals surface area contributed by atoms with Crippen molar-refractivity contribution in [2.75, 3.05) is 18.0 Å². The second-order valence-corrected chi connectivity index (χ2v) is 6.56. The molecule has 1 heterocycles. The number of hydrogen-bond acceptors (Lipinski definition) is 2. The Hall–Kier alpha value is -1.02. The Kier molecular flexibility index (Phi) is 2.86. The molecule has 18 heavy (non-hydrogen) atoms. The van der Waals surface area contributed by atoms with Gasteiger partial charge in [-0.05, 0) is 56.2 Å². The van der Waals surface area contributed by atoms with Crippen LogP contribution in [-0.2, 0) is 12.0 Å². The molecule has 1 aromatic rings. The molecule has 2 heteroatoms. The van der Waals surface area contributed by atoms with E-state index in [1.54, 1.807) is 0 Å². The summed E-state index contributed by atoms with van der Waals surface area (Å²) >= 11 is 0. The minimum Gasteiger partial charge on any atom is -0.371 e. The first kappa shape index (κ1) is 12.0. The molecule has 0 amide bonds. The van der Waals surface area contributed by atoms with Crippen LogP contribution in [0.3, 0.4) is 0 Å². The van der Waals surface area contributed by atoms with Gasteiger partial charge in [-0.25, -0.2) is 0 Å². The number of hydrogen-bond donors (Lipinski definition) is 1. The Labute approximate surface area is 110 Å². The summed E-state index contributed by atoms with van der Waals surface area (Å²) in [6.45, 7) is 6.62. The lowest BCUT2D eigenvalue weighted by Crippen LogP contribution is -2.31. The number of nitrogens with two attached hydrogens (primary N) is 1. The van der Waals surface area contributed by atoms with E-state index in [4.69, 9.17) is 5.73 Å². The average molecular weight is 244 g/mol. The third kappa shape index (κ3) is 2.14. The second kappa shape index (κ2) is 4.27. The fourth-order valence-corrected chi connectivity index (χ4v) is 3.05. The molecule has 0 atom stereocenters. The molecule has 1 aromatic carbocycles. The van der Waals surface area contributed by atoms with Crippen LogP contribution in [-0.4, -0.2) is 13.1 Å². The monoisotopic (exact) mass is 244 g/mol. The van der Waals surface area contributed by atoms with Crippen LogP contribution < -0.4 is 10.6 Å². The minimum absolute atomic E-state index is 0.226. The summed E-state index contributed by atoms with van der Waals surface area (Å²) in [7, 11) is 0. The van der Waals surface area contributed by atoms with Crippen LogP contribution in [0.15, 0.2) is 18.2 Å². The van der Waals surface area contributed by atoms with Crippen molar-refractivity contribution >= 4 is 5.69 Å². The van der Waals surface area contributed by atoms with Gasteiger partial charge in [0.1, 0.15) is 0 Å². The van der Waals surface area contributed by atoms with Crippen molar-refractivity contribution in [3.8, 4) is 0 Å². The lowest BCUT2D eigenvalue weighted by atomic mass is 9.85. The second-order valence-electron chi connectivity index (χ2n) is 6.56. The third-order valence-electron chi connectivity index (χ3n) is 4.52. The summed E-state index contributed by atoms with van der Waals surface area (Å²) in [6, 6.07) is 6.80. The third-order valence-corrected chi connectivity index (χ3v) is 4.52. The fourth-order valence-electron chi connectivity index (χ4n) is 3.05. The fraction of sp³-hybridized carbons (Fsp3) is 0.625. The maximum Gasteiger partial charge on any atom is 0.0399 e. The molecule has 2 nitrogen and oxygen atoms in total. The predicted molar refractivity (Wildman–Crippen MR) is 76.9 cm³/mol. The molecule has 1 saturated carbocycles. The maximum absolute atomic E-state index is 6.18. The van der Waals surface area contributed by atoms with Crippen molar-refractivity contribution in [2.24, 2.45) is 11.7 Å². The summed E-state index contributed by atoms with van der Waals surface area (Å²) in [5, 5.41) is 0. The Bertz CT molecular complexity index is 441. The first-order chi connectivity index (χ1) is 8.54. The topological polar surface area (TPSA) is 29.3 Å². The molecule has 2 aliphatic rings. The van der Waals surface area contributed by atoms with Crippen LogP contribution in [0.5, 0.6) is 0 Å². The van der Waals surface area contributed by atoms with E-state index in [0.29, 0.717) is 0 Å². The zero-order chi connectivity index (χ0) is 12.8. The molecule has 1 fully saturated rings. The number of rotatable bonds is 3. The number of benzene rings is 1. The molecule has 0 bridgehead atoms. The molecule has 2 N–H and O–H groups in total. The summed E-state index contributed by atoms with van der Waals surface area (Å²) in [6.07, 6.45) is 5.48. The van der Waals surface area contributed by atoms with Gasteiger partial charge in [-0.15, -0.1) is 0 Å². The molecular weight excluding hydrogens is 220 g/mol. The molecule has 0 unspecified atom stereocenters. The van der Waals surface area contributed by atoms with Gasteiger partial charge >= 0.3 is 0 Å². The van der Waals surface area contributed by atoms with Gasteiger partial charge in [0.2, 0.25) is 0 Å². The van der Waals surface area contributed by atoms with Crippen molar-refractivity contribution in [1.29, 1.82) is 0 Å². The van der Waals surface area contributed by atoms with E-state index in [0.717, 1.165) is 5.92 Å². The number of anilines is 1. The highest BCUT2D eigenvalue weighted by molar-refractivity contribution is 5.59. The van der Waals surface area contributed by atoms with Gasteiger partial charge in [-0.3, -0.25) is 0 Å². The molecule has 0 aromatic heterocycles. The first-order valence-electron chi connectivity index (χ1n) is 7.21. The minimum atomic E-state index is -0.226. The zero-order valence-electron chi connectivity index (χ0n) is 11.6. The molecule has 0 radical (unpaired) electrons. The molecule has 1 aliphatic carbocycles. The SMILES string of the molecule is CC(C)(N)c1ccc2c(c1)CCN2CC1CCC1. The Morgan fingerprint density at radius 3 is 2.72 bits per heavy atom. The van der Waals surface area contributed by atoms with E-state index in [1.807, 2.05) is 0 Å². The van der Waals surface area contributed by atoms with Crippen molar-refractivity contribution < 1.29 is 0 Å². The van der Waals surface area contributed by atoms with Gasteiger partial charge in [0.25, 0.3) is 0 Å². The molecule has 98 valence electrons. The quantitative estimate of drug-likeness (QED) is 0.885. The summed E-state index contributed by atoms with van der Waals surface area (Å²) in [5.41, 5.74) is 10.2. The Balaban J connectivity index is 1.80. The van der Waals surface area contributed by atoms with Gasteiger partial charge in [0.05, 0.1) is 0 Å². The van der Waals surface area contributed by atoms with E-state index in [1.165, 1.54) is 55.6 Å². The van der Waals surface area contributed by atoms with Crippen LogP contribution in [0.1, 0.15) is 44.2 Å². The van der Waals surface area contributed by atoms with Gasteiger partial charge in [-0.1, -0.05) is 18.6 Å². The lowest BCUT2D eigenvalue weighted by Gasteiger charge is -2.31. The van der Waals surface area contributed by atoms with Gasteiger partial charge < -0.3 is 10.6 Å². The Morgan fingerprint density at radius 1 is 1.33 bits per heavy atom. The molecule has 1 aliphatic heterocycles. The van der Waals surface area contributed by atoms with E-state index in [-0.39, 0.29) is 5.54 Å². The molecule has 0 saturated heterocycles. The van der Waals surface area contributed by atoms with E-state index >= 15 is 0 Å². The Morgan fingerprint density at radius 2 is 2.11 bits per heavy atom. The highest BCUT2D eigenvalue weighted by atomic mass is 15.1.